The van der Waals surface area contributed by atoms with Gasteiger partial charge in [0.1, 0.15) is 11.4 Å². The Morgan fingerprint density at radius 3 is 2.71 bits per heavy atom. The number of halogens is 1. The zero-order valence-electron chi connectivity index (χ0n) is 17.3. The second kappa shape index (κ2) is 7.63. The van der Waals surface area contributed by atoms with Gasteiger partial charge in [-0.1, -0.05) is 28.9 Å². The smallest absolute Gasteiger partial charge is 0.263 e. The van der Waals surface area contributed by atoms with E-state index in [1.165, 1.54) is 6.07 Å². The molecule has 1 fully saturated rings. The summed E-state index contributed by atoms with van der Waals surface area (Å²) >= 11 is 0. The first-order chi connectivity index (χ1) is 15.0. The SMILES string of the molecule is Cc1cccc(-c2noc(-c3cn(C)c4cc(N5CCOCC5)c(F)cc4c3=O)n2)c1. The zero-order valence-corrected chi connectivity index (χ0v) is 17.3. The maximum atomic E-state index is 14.9. The van der Waals surface area contributed by atoms with Gasteiger partial charge in [-0.05, 0) is 25.1 Å². The van der Waals surface area contributed by atoms with Crippen LogP contribution in [0.2, 0.25) is 0 Å². The summed E-state index contributed by atoms with van der Waals surface area (Å²) < 4.78 is 27.5. The third kappa shape index (κ3) is 3.48. The van der Waals surface area contributed by atoms with E-state index in [9.17, 15) is 9.18 Å². The Morgan fingerprint density at radius 2 is 1.94 bits per heavy atom. The molecule has 0 bridgehead atoms. The van der Waals surface area contributed by atoms with E-state index in [4.69, 9.17) is 9.26 Å². The molecule has 5 rings (SSSR count). The minimum atomic E-state index is -0.436. The van der Waals surface area contributed by atoms with Crippen molar-refractivity contribution in [2.45, 2.75) is 6.92 Å². The Balaban J connectivity index is 1.60. The first-order valence-corrected chi connectivity index (χ1v) is 10.1. The molecule has 3 heterocycles. The standard InChI is InChI=1S/C23H21FN4O3/c1-14-4-3-5-15(10-14)22-25-23(31-26-22)17-13-27(2)19-12-20(28-6-8-30-9-7-28)18(24)11-16(19)21(17)29/h3-5,10-13H,6-9H2,1-2H3. The summed E-state index contributed by atoms with van der Waals surface area (Å²) in [6.07, 6.45) is 1.65. The summed E-state index contributed by atoms with van der Waals surface area (Å²) in [5, 5.41) is 4.29. The summed E-state index contributed by atoms with van der Waals surface area (Å²) in [6.45, 7) is 4.30. The van der Waals surface area contributed by atoms with Crippen LogP contribution in [0.15, 0.2) is 51.9 Å². The minimum absolute atomic E-state index is 0.108. The Kier molecular flexibility index (Phi) is 4.78. The van der Waals surface area contributed by atoms with Crippen LogP contribution in [0.4, 0.5) is 10.1 Å². The van der Waals surface area contributed by atoms with Crippen LogP contribution in [0.25, 0.3) is 33.7 Å². The van der Waals surface area contributed by atoms with Crippen LogP contribution < -0.4 is 10.3 Å². The number of aryl methyl sites for hydroxylation is 2. The van der Waals surface area contributed by atoms with Gasteiger partial charge in [0.25, 0.3) is 5.89 Å². The molecule has 0 spiro atoms. The predicted molar refractivity (Wildman–Crippen MR) is 116 cm³/mol. The summed E-state index contributed by atoms with van der Waals surface area (Å²) in [4.78, 5) is 19.5. The molecule has 1 aliphatic rings. The summed E-state index contributed by atoms with van der Waals surface area (Å²) in [6, 6.07) is 10.7. The van der Waals surface area contributed by atoms with Crippen molar-refractivity contribution in [2.75, 3.05) is 31.2 Å². The third-order valence-electron chi connectivity index (χ3n) is 5.54. The first kappa shape index (κ1) is 19.4. The van der Waals surface area contributed by atoms with E-state index in [2.05, 4.69) is 10.1 Å². The summed E-state index contributed by atoms with van der Waals surface area (Å²) in [7, 11) is 1.81. The van der Waals surface area contributed by atoms with E-state index >= 15 is 0 Å². The van der Waals surface area contributed by atoms with E-state index < -0.39 is 5.82 Å². The van der Waals surface area contributed by atoms with Crippen LogP contribution >= 0.6 is 0 Å². The highest BCUT2D eigenvalue weighted by Gasteiger charge is 2.21. The lowest BCUT2D eigenvalue weighted by Gasteiger charge is -2.29. The van der Waals surface area contributed by atoms with Crippen molar-refractivity contribution in [1.29, 1.82) is 0 Å². The van der Waals surface area contributed by atoms with Crippen molar-refractivity contribution in [2.24, 2.45) is 7.05 Å². The van der Waals surface area contributed by atoms with Crippen LogP contribution in [0.1, 0.15) is 5.56 Å². The van der Waals surface area contributed by atoms with Gasteiger partial charge < -0.3 is 18.7 Å². The first-order valence-electron chi connectivity index (χ1n) is 10.1. The molecule has 0 saturated carbocycles. The van der Waals surface area contributed by atoms with Gasteiger partial charge in [0, 0.05) is 37.3 Å². The molecule has 0 radical (unpaired) electrons. The number of aromatic nitrogens is 3. The highest BCUT2D eigenvalue weighted by atomic mass is 19.1. The van der Waals surface area contributed by atoms with Gasteiger partial charge in [-0.3, -0.25) is 4.79 Å². The number of morpholine rings is 1. The van der Waals surface area contributed by atoms with Crippen LogP contribution in [0, 0.1) is 12.7 Å². The molecular formula is C23H21FN4O3. The van der Waals surface area contributed by atoms with Crippen LogP contribution in [0.3, 0.4) is 0 Å². The number of benzene rings is 2. The van der Waals surface area contributed by atoms with Crippen LogP contribution in [0.5, 0.6) is 0 Å². The number of anilines is 1. The van der Waals surface area contributed by atoms with E-state index in [0.717, 1.165) is 11.1 Å². The van der Waals surface area contributed by atoms with Crippen molar-refractivity contribution in [1.82, 2.24) is 14.7 Å². The molecule has 0 aliphatic carbocycles. The number of rotatable bonds is 3. The number of hydrogen-bond donors (Lipinski definition) is 0. The number of hydrogen-bond acceptors (Lipinski definition) is 6. The summed E-state index contributed by atoms with van der Waals surface area (Å²) in [5.41, 5.74) is 2.86. The average Bonchev–Trinajstić information content (AvgIpc) is 3.27. The maximum Gasteiger partial charge on any atom is 0.263 e. The fourth-order valence-electron chi connectivity index (χ4n) is 3.92. The van der Waals surface area contributed by atoms with Gasteiger partial charge in [-0.15, -0.1) is 0 Å². The number of ether oxygens (including phenoxy) is 1. The lowest BCUT2D eigenvalue weighted by molar-refractivity contribution is 0.122. The number of nitrogens with zero attached hydrogens (tertiary/aromatic N) is 4. The van der Waals surface area contributed by atoms with Gasteiger partial charge >= 0.3 is 0 Å². The second-order valence-electron chi connectivity index (χ2n) is 7.70. The summed E-state index contributed by atoms with van der Waals surface area (Å²) in [5.74, 6) is 0.0704. The van der Waals surface area contributed by atoms with Crippen molar-refractivity contribution >= 4 is 16.6 Å². The number of pyridine rings is 1. The Labute approximate surface area is 177 Å². The molecule has 31 heavy (non-hydrogen) atoms. The van der Waals surface area contributed by atoms with Gasteiger partial charge in [-0.25, -0.2) is 4.39 Å². The minimum Gasteiger partial charge on any atom is -0.378 e. The molecular weight excluding hydrogens is 399 g/mol. The molecule has 4 aromatic rings. The fraction of sp³-hybridized carbons (Fsp3) is 0.261. The van der Waals surface area contributed by atoms with Crippen LogP contribution in [-0.2, 0) is 11.8 Å². The molecule has 2 aromatic heterocycles. The zero-order chi connectivity index (χ0) is 21.5. The molecule has 158 valence electrons. The van der Waals surface area contributed by atoms with Crippen molar-refractivity contribution in [3.63, 3.8) is 0 Å². The Hall–Kier alpha value is -3.52. The quantitative estimate of drug-likeness (QED) is 0.505. The Morgan fingerprint density at radius 1 is 1.13 bits per heavy atom. The molecule has 2 aromatic carbocycles. The molecule has 1 aliphatic heterocycles. The monoisotopic (exact) mass is 420 g/mol. The van der Waals surface area contributed by atoms with Gasteiger partial charge in [0.2, 0.25) is 11.3 Å². The average molecular weight is 420 g/mol. The fourth-order valence-corrected chi connectivity index (χ4v) is 3.92. The van der Waals surface area contributed by atoms with Crippen LogP contribution in [-0.4, -0.2) is 41.0 Å². The molecule has 0 unspecified atom stereocenters. The highest BCUT2D eigenvalue weighted by Crippen LogP contribution is 2.28. The van der Waals surface area contributed by atoms with Gasteiger partial charge in [0.15, 0.2) is 0 Å². The lowest BCUT2D eigenvalue weighted by Crippen LogP contribution is -2.36. The second-order valence-corrected chi connectivity index (χ2v) is 7.70. The van der Waals surface area contributed by atoms with E-state index in [-0.39, 0.29) is 22.3 Å². The topological polar surface area (TPSA) is 73.4 Å². The normalized spacial score (nSPS) is 14.4. The van der Waals surface area contributed by atoms with Crippen molar-refractivity contribution < 1.29 is 13.7 Å². The molecule has 7 nitrogen and oxygen atoms in total. The molecule has 8 heteroatoms. The molecule has 0 atom stereocenters. The molecule has 0 N–H and O–H groups in total. The van der Waals surface area contributed by atoms with E-state index in [1.807, 2.05) is 43.1 Å². The molecule has 0 amide bonds. The largest absolute Gasteiger partial charge is 0.378 e. The van der Waals surface area contributed by atoms with Crippen molar-refractivity contribution in [3.05, 3.63) is 64.2 Å². The Bertz CT molecular complexity index is 1340. The molecule has 1 saturated heterocycles. The predicted octanol–water partition coefficient (Wildman–Crippen LogP) is 3.54. The third-order valence-corrected chi connectivity index (χ3v) is 5.54. The number of fused-ring (bicyclic) bond motifs is 1. The van der Waals surface area contributed by atoms with Gasteiger partial charge in [0.05, 0.1) is 24.4 Å². The maximum absolute atomic E-state index is 14.9. The lowest BCUT2D eigenvalue weighted by atomic mass is 10.1. The van der Waals surface area contributed by atoms with E-state index in [0.29, 0.717) is 43.3 Å². The highest BCUT2D eigenvalue weighted by molar-refractivity contribution is 5.86. The van der Waals surface area contributed by atoms with Gasteiger partial charge in [-0.2, -0.15) is 4.98 Å². The van der Waals surface area contributed by atoms with E-state index in [1.54, 1.807) is 16.8 Å². The van der Waals surface area contributed by atoms with Crippen molar-refractivity contribution in [3.8, 4) is 22.8 Å².